The van der Waals surface area contributed by atoms with Crippen molar-refractivity contribution in [2.75, 3.05) is 39.5 Å². The molecule has 1 saturated heterocycles. The van der Waals surface area contributed by atoms with Crippen molar-refractivity contribution in [3.8, 4) is 0 Å². The molecule has 0 saturated carbocycles. The van der Waals surface area contributed by atoms with E-state index in [9.17, 15) is 28.8 Å². The number of imide groups is 1. The predicted molar refractivity (Wildman–Crippen MR) is 198 cm³/mol. The van der Waals surface area contributed by atoms with Gasteiger partial charge in [-0.15, -0.1) is 5.06 Å². The fourth-order valence-corrected chi connectivity index (χ4v) is 5.67. The molecule has 5 amide bonds. The van der Waals surface area contributed by atoms with Crippen molar-refractivity contribution in [1.82, 2.24) is 20.6 Å². The molecule has 0 spiro atoms. The van der Waals surface area contributed by atoms with E-state index in [2.05, 4.69) is 10.6 Å². The van der Waals surface area contributed by atoms with Crippen LogP contribution >= 0.6 is 0 Å². The second-order valence-electron chi connectivity index (χ2n) is 13.4. The zero-order valence-electron chi connectivity index (χ0n) is 33.6. The Morgan fingerprint density at radius 1 is 0.566 bits per heavy atom. The zero-order valence-corrected chi connectivity index (χ0v) is 33.6. The van der Waals surface area contributed by atoms with E-state index in [4.69, 9.17) is 23.8 Å². The summed E-state index contributed by atoms with van der Waals surface area (Å²) in [6.45, 7) is 16.0. The third kappa shape index (κ3) is 19.1. The summed E-state index contributed by atoms with van der Waals surface area (Å²) in [6, 6.07) is -1.04. The molecule has 1 aliphatic rings. The van der Waals surface area contributed by atoms with Gasteiger partial charge in [0.05, 0.1) is 69.3 Å². The van der Waals surface area contributed by atoms with E-state index >= 15 is 0 Å². The van der Waals surface area contributed by atoms with Gasteiger partial charge in [0.15, 0.2) is 0 Å². The molecule has 0 aliphatic carbocycles. The Hall–Kier alpha value is -3.14. The van der Waals surface area contributed by atoms with E-state index in [1.54, 1.807) is 0 Å². The molecule has 15 nitrogen and oxygen atoms in total. The van der Waals surface area contributed by atoms with Crippen molar-refractivity contribution in [3.63, 3.8) is 0 Å². The van der Waals surface area contributed by atoms with Crippen LogP contribution in [0.5, 0.6) is 0 Å². The third-order valence-corrected chi connectivity index (χ3v) is 9.27. The van der Waals surface area contributed by atoms with Crippen LogP contribution in [0.3, 0.4) is 0 Å². The molecule has 1 fully saturated rings. The summed E-state index contributed by atoms with van der Waals surface area (Å²) in [5.41, 5.74) is 0. The van der Waals surface area contributed by atoms with Crippen molar-refractivity contribution >= 4 is 35.5 Å². The number of hydroxylamine groups is 2. The largest absolute Gasteiger partial charge is 0.376 e. The van der Waals surface area contributed by atoms with Gasteiger partial charge in [0.1, 0.15) is 13.1 Å². The first-order chi connectivity index (χ1) is 25.4. The molecule has 15 heteroatoms. The van der Waals surface area contributed by atoms with Gasteiger partial charge in [0.25, 0.3) is 11.8 Å². The minimum absolute atomic E-state index is 0.00555. The number of hydrogen-bond acceptors (Lipinski definition) is 11. The van der Waals surface area contributed by atoms with Crippen LogP contribution in [0, 0.1) is 0 Å². The van der Waals surface area contributed by atoms with Gasteiger partial charge in [-0.3, -0.25) is 24.0 Å². The number of rotatable bonds is 30. The monoisotopic (exact) mass is 756 g/mol. The highest BCUT2D eigenvalue weighted by Gasteiger charge is 2.33. The molecule has 1 heterocycles. The molecule has 2 N–H and O–H groups in total. The van der Waals surface area contributed by atoms with Crippen molar-refractivity contribution in [2.24, 2.45) is 0 Å². The van der Waals surface area contributed by atoms with E-state index in [-0.39, 0.29) is 63.7 Å². The Morgan fingerprint density at radius 3 is 1.19 bits per heavy atom. The molecule has 0 aromatic carbocycles. The Balaban J connectivity index is 3.16. The summed E-state index contributed by atoms with van der Waals surface area (Å²) in [5.74, 6) is -4.02. The number of amides is 5. The molecule has 0 aromatic rings. The normalized spacial score (nSPS) is 13.4. The maximum absolute atomic E-state index is 13.5. The lowest BCUT2D eigenvalue weighted by atomic mass is 10.2. The lowest BCUT2D eigenvalue weighted by Crippen LogP contribution is -2.52. The van der Waals surface area contributed by atoms with E-state index < -0.39 is 73.5 Å². The zero-order chi connectivity index (χ0) is 39.8. The molecule has 53 heavy (non-hydrogen) atoms. The highest BCUT2D eigenvalue weighted by molar-refractivity contribution is 6.01. The Kier molecular flexibility index (Phi) is 24.8. The quantitative estimate of drug-likeness (QED) is 0.101. The molecule has 1 rings (SSSR count). The van der Waals surface area contributed by atoms with Gasteiger partial charge >= 0.3 is 5.97 Å². The highest BCUT2D eigenvalue weighted by atomic mass is 16.7. The minimum Gasteiger partial charge on any atom is -0.376 e. The topological polar surface area (TPSA) is 179 Å². The van der Waals surface area contributed by atoms with E-state index in [1.165, 1.54) is 0 Å². The fourth-order valence-electron chi connectivity index (χ4n) is 5.67. The molecule has 0 radical (unpaired) electrons. The molecule has 1 aliphatic heterocycles. The van der Waals surface area contributed by atoms with Crippen LogP contribution in [0.15, 0.2) is 0 Å². The number of nitrogens with one attached hydrogen (secondary N) is 2. The second-order valence-corrected chi connectivity index (χ2v) is 13.4. The number of carbonyl (C=O) groups excluding carboxylic acids is 6. The number of ether oxygens (including phenoxy) is 4. The maximum Gasteiger partial charge on any atom is 0.333 e. The molecular formula is C38H68N4O11. The summed E-state index contributed by atoms with van der Waals surface area (Å²) in [5, 5.41) is 6.23. The Bertz CT molecular complexity index is 1010. The molecule has 0 aromatic heterocycles. The van der Waals surface area contributed by atoms with Crippen molar-refractivity contribution in [1.29, 1.82) is 0 Å². The average molecular weight is 757 g/mol. The lowest BCUT2D eigenvalue weighted by Gasteiger charge is -2.28. The van der Waals surface area contributed by atoms with Crippen LogP contribution in [0.4, 0.5) is 0 Å². The van der Waals surface area contributed by atoms with Crippen molar-refractivity contribution < 1.29 is 52.6 Å². The van der Waals surface area contributed by atoms with Gasteiger partial charge in [-0.2, -0.15) is 0 Å². The minimum atomic E-state index is -0.967. The summed E-state index contributed by atoms with van der Waals surface area (Å²) in [4.78, 5) is 82.8. The summed E-state index contributed by atoms with van der Waals surface area (Å²) < 4.78 is 24.2. The van der Waals surface area contributed by atoms with Crippen LogP contribution in [-0.4, -0.2) is 121 Å². The summed E-state index contributed by atoms with van der Waals surface area (Å²) >= 11 is 0. The fraction of sp³-hybridized carbons (Fsp3) is 0.842. The Labute approximate surface area is 316 Å². The van der Waals surface area contributed by atoms with Gasteiger partial charge in [-0.1, -0.05) is 55.4 Å². The van der Waals surface area contributed by atoms with Crippen LogP contribution in [-0.2, 0) is 52.6 Å². The summed E-state index contributed by atoms with van der Waals surface area (Å²) in [6.07, 6.45) is 5.38. The standard InChI is InChI=1S/C38H68N4O11/c1-9-29(10-2)49-23-27(24-50-30(11-3)12-4)39-33(43)21-41(35(45)19-20-38(48)53-42-36(46)17-18-37(42)47)22-34(44)40-28(25-51-31(13-5)14-6)26-52-32(15-7)16-8/h27-32H,9-26H2,1-8H3,(H,39,43)(H,40,44). The second kappa shape index (κ2) is 27.4. The number of carbonyl (C=O) groups is 6. The molecule has 0 bridgehead atoms. The van der Waals surface area contributed by atoms with Crippen molar-refractivity contribution in [2.45, 2.75) is 169 Å². The van der Waals surface area contributed by atoms with Gasteiger partial charge in [-0.25, -0.2) is 4.79 Å². The molecule has 306 valence electrons. The van der Waals surface area contributed by atoms with Crippen LogP contribution in [0.2, 0.25) is 0 Å². The van der Waals surface area contributed by atoms with Crippen molar-refractivity contribution in [3.05, 3.63) is 0 Å². The highest BCUT2D eigenvalue weighted by Crippen LogP contribution is 2.14. The van der Waals surface area contributed by atoms with Gasteiger partial charge < -0.3 is 39.3 Å². The number of nitrogens with zero attached hydrogens (tertiary/aromatic N) is 2. The third-order valence-electron chi connectivity index (χ3n) is 9.27. The van der Waals surface area contributed by atoms with E-state index in [0.29, 0.717) is 5.06 Å². The SMILES string of the molecule is CCC(CC)OCC(COC(CC)CC)NC(=O)CN(CC(=O)NC(COC(CC)CC)COC(CC)CC)C(=O)CCC(=O)ON1C(=O)CCC1=O. The van der Waals surface area contributed by atoms with E-state index in [0.717, 1.165) is 56.3 Å². The lowest BCUT2D eigenvalue weighted by molar-refractivity contribution is -0.197. The van der Waals surface area contributed by atoms with Crippen LogP contribution in [0.1, 0.15) is 132 Å². The van der Waals surface area contributed by atoms with Gasteiger partial charge in [0.2, 0.25) is 17.7 Å². The molecule has 0 atom stereocenters. The smallest absolute Gasteiger partial charge is 0.333 e. The van der Waals surface area contributed by atoms with Gasteiger partial charge in [0, 0.05) is 19.3 Å². The first-order valence-corrected chi connectivity index (χ1v) is 19.8. The first kappa shape index (κ1) is 47.9. The maximum atomic E-state index is 13.5. The molecule has 0 unspecified atom stereocenters. The van der Waals surface area contributed by atoms with Crippen LogP contribution < -0.4 is 10.6 Å². The van der Waals surface area contributed by atoms with E-state index in [1.807, 2.05) is 55.4 Å². The first-order valence-electron chi connectivity index (χ1n) is 19.8. The molecular weight excluding hydrogens is 688 g/mol. The number of hydrogen-bond donors (Lipinski definition) is 2. The average Bonchev–Trinajstić information content (AvgIpc) is 3.46. The Morgan fingerprint density at radius 2 is 0.887 bits per heavy atom. The predicted octanol–water partition coefficient (Wildman–Crippen LogP) is 3.99. The summed E-state index contributed by atoms with van der Waals surface area (Å²) in [7, 11) is 0. The van der Waals surface area contributed by atoms with Crippen LogP contribution in [0.25, 0.3) is 0 Å². The van der Waals surface area contributed by atoms with Gasteiger partial charge in [-0.05, 0) is 51.4 Å².